The van der Waals surface area contributed by atoms with Crippen LogP contribution in [-0.2, 0) is 4.74 Å². The molecule has 19 heavy (non-hydrogen) atoms. The quantitative estimate of drug-likeness (QED) is 0.301. The lowest BCUT2D eigenvalue weighted by atomic mass is 10.1. The molecule has 2 rings (SSSR count). The lowest BCUT2D eigenvalue weighted by molar-refractivity contribution is 0.00675. The lowest BCUT2D eigenvalue weighted by Gasteiger charge is -2.32. The molecule has 1 saturated heterocycles. The van der Waals surface area contributed by atoms with Gasteiger partial charge in [0, 0.05) is 12.1 Å². The van der Waals surface area contributed by atoms with Gasteiger partial charge in [0.1, 0.15) is 11.9 Å². The van der Waals surface area contributed by atoms with Crippen LogP contribution in [-0.4, -0.2) is 52.8 Å². The van der Waals surface area contributed by atoms with E-state index in [1.165, 1.54) is 12.1 Å². The van der Waals surface area contributed by atoms with Crippen molar-refractivity contribution in [3.8, 4) is 5.75 Å². The first-order chi connectivity index (χ1) is 9.11. The Morgan fingerprint density at radius 3 is 2.74 bits per heavy atom. The van der Waals surface area contributed by atoms with Gasteiger partial charge in [0.2, 0.25) is 0 Å². The van der Waals surface area contributed by atoms with Gasteiger partial charge >= 0.3 is 0 Å². The van der Waals surface area contributed by atoms with E-state index >= 15 is 0 Å². The summed E-state index contributed by atoms with van der Waals surface area (Å²) in [5.74, 6) is -0.129. The number of aromatic hydroxyl groups is 1. The number of oxime groups is 1. The molecule has 7 heteroatoms. The van der Waals surface area contributed by atoms with Crippen LogP contribution in [0.5, 0.6) is 5.75 Å². The Hall–Kier alpha value is -2.28. The summed E-state index contributed by atoms with van der Waals surface area (Å²) in [6.45, 7) is 0.995. The summed E-state index contributed by atoms with van der Waals surface area (Å²) in [6.07, 6.45) is -0.597. The number of amidine groups is 1. The predicted molar refractivity (Wildman–Crippen MR) is 67.2 cm³/mol. The molecule has 102 valence electrons. The van der Waals surface area contributed by atoms with Crippen LogP contribution < -0.4 is 5.73 Å². The smallest absolute Gasteiger partial charge is 0.254 e. The van der Waals surface area contributed by atoms with Gasteiger partial charge in [-0.15, -0.1) is 0 Å². The van der Waals surface area contributed by atoms with Gasteiger partial charge in [0.25, 0.3) is 5.91 Å². The second-order valence-corrected chi connectivity index (χ2v) is 4.18. The van der Waals surface area contributed by atoms with Crippen molar-refractivity contribution >= 4 is 11.7 Å². The maximum Gasteiger partial charge on any atom is 0.254 e. The first kappa shape index (κ1) is 13.2. The molecule has 1 amide bonds. The Labute approximate surface area is 109 Å². The van der Waals surface area contributed by atoms with Crippen LogP contribution in [0.2, 0.25) is 0 Å². The molecule has 0 bridgehead atoms. The van der Waals surface area contributed by atoms with Crippen molar-refractivity contribution in [1.29, 1.82) is 0 Å². The summed E-state index contributed by atoms with van der Waals surface area (Å²) in [6, 6.07) is 6.00. The monoisotopic (exact) mass is 265 g/mol. The highest BCUT2D eigenvalue weighted by Crippen LogP contribution is 2.14. The number of nitrogens with zero attached hydrogens (tertiary/aromatic N) is 2. The Bertz CT molecular complexity index is 486. The van der Waals surface area contributed by atoms with E-state index in [4.69, 9.17) is 15.7 Å². The zero-order valence-corrected chi connectivity index (χ0v) is 10.2. The molecule has 7 nitrogen and oxygen atoms in total. The largest absolute Gasteiger partial charge is 0.508 e. The van der Waals surface area contributed by atoms with Crippen molar-refractivity contribution in [2.24, 2.45) is 10.9 Å². The number of rotatable bonds is 2. The maximum absolute atomic E-state index is 12.2. The first-order valence-electron chi connectivity index (χ1n) is 5.79. The second kappa shape index (κ2) is 5.57. The molecule has 4 N–H and O–H groups in total. The molecular weight excluding hydrogens is 250 g/mol. The molecule has 1 aliphatic rings. The van der Waals surface area contributed by atoms with Gasteiger partial charge in [-0.05, 0) is 24.3 Å². The van der Waals surface area contributed by atoms with Gasteiger partial charge in [-0.25, -0.2) is 0 Å². The summed E-state index contributed by atoms with van der Waals surface area (Å²) in [7, 11) is 0. The van der Waals surface area contributed by atoms with Crippen LogP contribution in [0, 0.1) is 0 Å². The van der Waals surface area contributed by atoms with Crippen LogP contribution in [0.4, 0.5) is 0 Å². The predicted octanol–water partition coefficient (Wildman–Crippen LogP) is -0.0204. The van der Waals surface area contributed by atoms with Gasteiger partial charge in [-0.2, -0.15) is 0 Å². The van der Waals surface area contributed by atoms with Crippen LogP contribution in [0.1, 0.15) is 10.4 Å². The standard InChI is InChI=1S/C12H15N3O4/c13-11(14-18)10-7-15(5-6-19-10)12(17)8-1-3-9(16)4-2-8/h1-4,10,16,18H,5-7H2,(H2,13,14). The van der Waals surface area contributed by atoms with Crippen molar-refractivity contribution < 1.29 is 19.8 Å². The number of carbonyl (C=O) groups is 1. The fourth-order valence-corrected chi connectivity index (χ4v) is 1.86. The van der Waals surface area contributed by atoms with E-state index in [0.717, 1.165) is 0 Å². The Morgan fingerprint density at radius 2 is 2.11 bits per heavy atom. The van der Waals surface area contributed by atoms with Crippen LogP contribution in [0.3, 0.4) is 0 Å². The number of morpholine rings is 1. The third-order valence-electron chi connectivity index (χ3n) is 2.91. The molecule has 0 spiro atoms. The third-order valence-corrected chi connectivity index (χ3v) is 2.91. The highest BCUT2D eigenvalue weighted by Gasteiger charge is 2.27. The van der Waals surface area contributed by atoms with E-state index in [-0.39, 0.29) is 24.0 Å². The molecule has 1 heterocycles. The molecule has 1 aromatic carbocycles. The highest BCUT2D eigenvalue weighted by atomic mass is 16.5. The lowest BCUT2D eigenvalue weighted by Crippen LogP contribution is -2.50. The van der Waals surface area contributed by atoms with Crippen molar-refractivity contribution in [2.75, 3.05) is 19.7 Å². The minimum Gasteiger partial charge on any atom is -0.508 e. The number of ether oxygens (including phenoxy) is 1. The van der Waals surface area contributed by atoms with Gasteiger partial charge in [0.05, 0.1) is 13.2 Å². The van der Waals surface area contributed by atoms with Crippen LogP contribution in [0.15, 0.2) is 29.4 Å². The van der Waals surface area contributed by atoms with E-state index < -0.39 is 6.10 Å². The van der Waals surface area contributed by atoms with Crippen LogP contribution >= 0.6 is 0 Å². The summed E-state index contributed by atoms with van der Waals surface area (Å²) >= 11 is 0. The van der Waals surface area contributed by atoms with Gasteiger partial charge in [0.15, 0.2) is 5.84 Å². The fourth-order valence-electron chi connectivity index (χ4n) is 1.86. The van der Waals surface area contributed by atoms with Crippen LogP contribution in [0.25, 0.3) is 0 Å². The summed E-state index contributed by atoms with van der Waals surface area (Å²) < 4.78 is 5.32. The molecule has 1 aliphatic heterocycles. The topological polar surface area (TPSA) is 108 Å². The Morgan fingerprint density at radius 1 is 1.42 bits per heavy atom. The molecular formula is C12H15N3O4. The van der Waals surface area contributed by atoms with E-state index in [0.29, 0.717) is 18.7 Å². The number of phenolic OH excluding ortho intramolecular Hbond substituents is 1. The number of hydrogen-bond donors (Lipinski definition) is 3. The van der Waals surface area contributed by atoms with Gasteiger partial charge < -0.3 is 25.7 Å². The summed E-state index contributed by atoms with van der Waals surface area (Å²) in [5.41, 5.74) is 5.94. The molecule has 1 fully saturated rings. The SMILES string of the molecule is NC(=NO)C1CN(C(=O)c2ccc(O)cc2)CCO1. The van der Waals surface area contributed by atoms with Crippen molar-refractivity contribution in [1.82, 2.24) is 4.90 Å². The number of hydrogen-bond acceptors (Lipinski definition) is 5. The number of amides is 1. The fraction of sp³-hybridized carbons (Fsp3) is 0.333. The van der Waals surface area contributed by atoms with Crippen molar-refractivity contribution in [3.05, 3.63) is 29.8 Å². The summed E-state index contributed by atoms with van der Waals surface area (Å²) in [4.78, 5) is 13.8. The zero-order valence-electron chi connectivity index (χ0n) is 10.2. The number of carbonyl (C=O) groups excluding carboxylic acids is 1. The number of benzene rings is 1. The minimum atomic E-state index is -0.597. The van der Waals surface area contributed by atoms with E-state index in [2.05, 4.69) is 5.16 Å². The Balaban J connectivity index is 2.09. The van der Waals surface area contributed by atoms with Crippen molar-refractivity contribution in [3.63, 3.8) is 0 Å². The highest BCUT2D eigenvalue weighted by molar-refractivity contribution is 5.95. The third kappa shape index (κ3) is 2.94. The zero-order chi connectivity index (χ0) is 13.8. The molecule has 0 saturated carbocycles. The molecule has 1 aromatic rings. The molecule has 0 aliphatic carbocycles. The first-order valence-corrected chi connectivity index (χ1v) is 5.79. The molecule has 0 aromatic heterocycles. The normalized spacial score (nSPS) is 20.3. The minimum absolute atomic E-state index is 0.0526. The molecule has 0 radical (unpaired) electrons. The van der Waals surface area contributed by atoms with E-state index in [1.54, 1.807) is 17.0 Å². The average molecular weight is 265 g/mol. The average Bonchev–Trinajstić information content (AvgIpc) is 2.46. The molecule has 1 unspecified atom stereocenters. The van der Waals surface area contributed by atoms with Crippen molar-refractivity contribution in [2.45, 2.75) is 6.10 Å². The molecule has 1 atom stereocenters. The Kier molecular flexibility index (Phi) is 3.86. The van der Waals surface area contributed by atoms with E-state index in [9.17, 15) is 9.90 Å². The van der Waals surface area contributed by atoms with Gasteiger partial charge in [-0.1, -0.05) is 5.16 Å². The summed E-state index contributed by atoms with van der Waals surface area (Å²) in [5, 5.41) is 20.7. The number of phenols is 1. The number of nitrogens with two attached hydrogens (primary N) is 1. The maximum atomic E-state index is 12.2. The van der Waals surface area contributed by atoms with E-state index in [1.807, 2.05) is 0 Å². The second-order valence-electron chi connectivity index (χ2n) is 4.18. The van der Waals surface area contributed by atoms with Gasteiger partial charge in [-0.3, -0.25) is 4.79 Å².